The first-order valence-electron chi connectivity index (χ1n) is 6.54. The molecule has 1 aromatic rings. The molecule has 5 heteroatoms. The van der Waals surface area contributed by atoms with E-state index in [4.69, 9.17) is 32.8 Å². The lowest BCUT2D eigenvalue weighted by Gasteiger charge is -2.09. The molecule has 0 saturated carbocycles. The molecule has 0 aliphatic heterocycles. The fourth-order valence-corrected chi connectivity index (χ4v) is 2.12. The van der Waals surface area contributed by atoms with Crippen molar-refractivity contribution in [3.8, 4) is 5.75 Å². The predicted octanol–water partition coefficient (Wildman–Crippen LogP) is 3.28. The van der Waals surface area contributed by atoms with Crippen LogP contribution in [-0.4, -0.2) is 13.2 Å². The summed E-state index contributed by atoms with van der Waals surface area (Å²) in [7, 11) is 0. The number of benzene rings is 1. The third kappa shape index (κ3) is 7.02. The molecule has 3 nitrogen and oxygen atoms in total. The summed E-state index contributed by atoms with van der Waals surface area (Å²) in [6.07, 6.45) is 4.38. The lowest BCUT2D eigenvalue weighted by molar-refractivity contribution is -0.689. The van der Waals surface area contributed by atoms with E-state index in [0.29, 0.717) is 11.8 Å². The Balaban J connectivity index is 2.28. The SMILES string of the molecule is [NH3+]OCCCCCCOc1cc(CCl)cc(CCl)c1. The first-order valence-corrected chi connectivity index (χ1v) is 7.61. The van der Waals surface area contributed by atoms with E-state index in [0.717, 1.165) is 55.8 Å². The number of ether oxygens (including phenoxy) is 1. The van der Waals surface area contributed by atoms with Crippen molar-refractivity contribution < 1.29 is 15.5 Å². The van der Waals surface area contributed by atoms with Gasteiger partial charge in [-0.3, -0.25) is 0 Å². The van der Waals surface area contributed by atoms with Gasteiger partial charge >= 0.3 is 0 Å². The van der Waals surface area contributed by atoms with Gasteiger partial charge < -0.3 is 4.74 Å². The van der Waals surface area contributed by atoms with Crippen molar-refractivity contribution in [3.05, 3.63) is 29.3 Å². The maximum Gasteiger partial charge on any atom is 0.119 e. The van der Waals surface area contributed by atoms with Gasteiger partial charge in [-0.25, -0.2) is 10.7 Å². The Hall–Kier alpha value is -0.480. The van der Waals surface area contributed by atoms with Crippen LogP contribution in [0.15, 0.2) is 18.2 Å². The number of unbranched alkanes of at least 4 members (excludes halogenated alkanes) is 3. The molecule has 0 aromatic heterocycles. The molecule has 0 spiro atoms. The van der Waals surface area contributed by atoms with E-state index in [1.54, 1.807) is 0 Å². The molecule has 108 valence electrons. The van der Waals surface area contributed by atoms with E-state index in [1.807, 2.05) is 18.2 Å². The normalized spacial score (nSPS) is 10.7. The predicted molar refractivity (Wildman–Crippen MR) is 78.4 cm³/mol. The molecule has 3 N–H and O–H groups in total. The van der Waals surface area contributed by atoms with E-state index >= 15 is 0 Å². The van der Waals surface area contributed by atoms with Crippen LogP contribution in [0.2, 0.25) is 0 Å². The summed E-state index contributed by atoms with van der Waals surface area (Å²) in [5.74, 6) is 5.16. The van der Waals surface area contributed by atoms with Gasteiger partial charge in [-0.1, -0.05) is 12.5 Å². The molecule has 0 radical (unpaired) electrons. The highest BCUT2D eigenvalue weighted by Crippen LogP contribution is 2.20. The van der Waals surface area contributed by atoms with Gasteiger partial charge in [-0.05, 0) is 42.5 Å². The summed E-state index contributed by atoms with van der Waals surface area (Å²) in [4.78, 5) is 4.76. The van der Waals surface area contributed by atoms with Crippen molar-refractivity contribution in [2.45, 2.75) is 37.4 Å². The minimum absolute atomic E-state index is 0.478. The third-order valence-electron chi connectivity index (χ3n) is 2.79. The van der Waals surface area contributed by atoms with Gasteiger partial charge in [0.15, 0.2) is 0 Å². The topological polar surface area (TPSA) is 46.1 Å². The van der Waals surface area contributed by atoms with Gasteiger partial charge in [0.05, 0.1) is 6.61 Å². The second-order valence-electron chi connectivity index (χ2n) is 4.42. The molecule has 1 aromatic carbocycles. The molecule has 0 bridgehead atoms. The number of hydrogen-bond acceptors (Lipinski definition) is 2. The summed E-state index contributed by atoms with van der Waals surface area (Å²) in [5, 5.41) is 0. The maximum atomic E-state index is 5.84. The molecule has 1 rings (SSSR count). The molecule has 0 saturated heterocycles. The number of rotatable bonds is 10. The Kier molecular flexibility index (Phi) is 9.01. The number of hydrogen-bond donors (Lipinski definition) is 1. The van der Waals surface area contributed by atoms with E-state index in [1.165, 1.54) is 0 Å². The van der Waals surface area contributed by atoms with Crippen LogP contribution >= 0.6 is 23.2 Å². The molecule has 0 heterocycles. The van der Waals surface area contributed by atoms with Gasteiger partial charge in [0.2, 0.25) is 0 Å². The molecule has 0 fully saturated rings. The molecule has 0 aliphatic carbocycles. The monoisotopic (exact) mass is 306 g/mol. The molecule has 19 heavy (non-hydrogen) atoms. The maximum absolute atomic E-state index is 5.84. The average molecular weight is 307 g/mol. The highest BCUT2D eigenvalue weighted by atomic mass is 35.5. The summed E-state index contributed by atoms with van der Waals surface area (Å²) in [6, 6.07) is 5.95. The first-order chi connectivity index (χ1) is 9.30. The average Bonchev–Trinajstić information content (AvgIpc) is 2.45. The van der Waals surface area contributed by atoms with Gasteiger partial charge in [0.1, 0.15) is 12.4 Å². The van der Waals surface area contributed by atoms with Crippen molar-refractivity contribution in [2.75, 3.05) is 13.2 Å². The third-order valence-corrected chi connectivity index (χ3v) is 3.40. The van der Waals surface area contributed by atoms with Crippen LogP contribution in [0.3, 0.4) is 0 Å². The largest absolute Gasteiger partial charge is 0.494 e. The molecule has 0 amide bonds. The zero-order chi connectivity index (χ0) is 13.9. The van der Waals surface area contributed by atoms with Crippen LogP contribution in [0.4, 0.5) is 0 Å². The summed E-state index contributed by atoms with van der Waals surface area (Å²) >= 11 is 11.7. The van der Waals surface area contributed by atoms with Crippen molar-refractivity contribution >= 4 is 23.2 Å². The Morgan fingerprint density at radius 1 is 0.842 bits per heavy atom. The Morgan fingerprint density at radius 2 is 1.42 bits per heavy atom. The number of quaternary nitrogens is 1. The zero-order valence-corrected chi connectivity index (χ0v) is 12.7. The van der Waals surface area contributed by atoms with Gasteiger partial charge in [-0.2, -0.15) is 0 Å². The zero-order valence-electron chi connectivity index (χ0n) is 11.2. The molecule has 0 aliphatic rings. The first kappa shape index (κ1) is 16.6. The minimum Gasteiger partial charge on any atom is -0.494 e. The van der Waals surface area contributed by atoms with Crippen LogP contribution < -0.4 is 10.6 Å². The van der Waals surface area contributed by atoms with E-state index in [9.17, 15) is 0 Å². The van der Waals surface area contributed by atoms with Crippen LogP contribution in [0.25, 0.3) is 0 Å². The number of halogens is 2. The van der Waals surface area contributed by atoms with Crippen LogP contribution in [0, 0.1) is 0 Å². The summed E-state index contributed by atoms with van der Waals surface area (Å²) in [6.45, 7) is 1.45. The Labute approximate surface area is 124 Å². The quantitative estimate of drug-likeness (QED) is 0.410. The van der Waals surface area contributed by atoms with E-state index < -0.39 is 0 Å². The van der Waals surface area contributed by atoms with E-state index in [2.05, 4.69) is 5.90 Å². The Bertz CT molecular complexity index is 339. The molecular weight excluding hydrogens is 285 g/mol. The van der Waals surface area contributed by atoms with Gasteiger partial charge in [0, 0.05) is 11.8 Å². The van der Waals surface area contributed by atoms with Crippen molar-refractivity contribution in [3.63, 3.8) is 0 Å². The van der Waals surface area contributed by atoms with E-state index in [-0.39, 0.29) is 0 Å². The lowest BCUT2D eigenvalue weighted by atomic mass is 10.1. The smallest absolute Gasteiger partial charge is 0.119 e. The second kappa shape index (κ2) is 10.3. The molecule has 0 unspecified atom stereocenters. The molecule has 0 atom stereocenters. The van der Waals surface area contributed by atoms with Crippen molar-refractivity contribution in [1.29, 1.82) is 0 Å². The molecular formula is C14H22Cl2NO2+. The fourth-order valence-electron chi connectivity index (χ4n) is 1.82. The standard InChI is InChI=1S/C14H22Cl2NO2/c15-10-12-7-13(11-16)9-14(8-12)18-5-3-1-2-4-6-19-17/h7-9H,1-6,10-11H2,17H3/q+1. The summed E-state index contributed by atoms with van der Waals surface area (Å²) < 4.78 is 5.74. The van der Waals surface area contributed by atoms with Crippen molar-refractivity contribution in [1.82, 2.24) is 0 Å². The van der Waals surface area contributed by atoms with Gasteiger partial charge in [-0.15, -0.1) is 23.2 Å². The minimum atomic E-state index is 0.478. The second-order valence-corrected chi connectivity index (χ2v) is 4.96. The van der Waals surface area contributed by atoms with Crippen LogP contribution in [-0.2, 0) is 16.6 Å². The summed E-state index contributed by atoms with van der Waals surface area (Å²) in [5.41, 5.74) is 2.09. The highest BCUT2D eigenvalue weighted by molar-refractivity contribution is 6.17. The van der Waals surface area contributed by atoms with Gasteiger partial charge in [0.25, 0.3) is 0 Å². The van der Waals surface area contributed by atoms with Crippen molar-refractivity contribution in [2.24, 2.45) is 0 Å². The lowest BCUT2D eigenvalue weighted by Crippen LogP contribution is -2.49. The van der Waals surface area contributed by atoms with Crippen LogP contribution in [0.1, 0.15) is 36.8 Å². The highest BCUT2D eigenvalue weighted by Gasteiger charge is 2.01. The Morgan fingerprint density at radius 3 is 1.95 bits per heavy atom. The van der Waals surface area contributed by atoms with Crippen LogP contribution in [0.5, 0.6) is 5.75 Å². The fraction of sp³-hybridized carbons (Fsp3) is 0.571. The number of alkyl halides is 2.